The van der Waals surface area contributed by atoms with Gasteiger partial charge >= 0.3 is 0 Å². The zero-order chi connectivity index (χ0) is 13.5. The fourth-order valence-corrected chi connectivity index (χ4v) is 2.41. The minimum Gasteiger partial charge on any atom is -0.492 e. The molecular formula is C16H26N2O. The molecule has 0 N–H and O–H groups in total. The molecule has 1 aromatic rings. The molecule has 3 nitrogen and oxygen atoms in total. The lowest BCUT2D eigenvalue weighted by molar-refractivity contribution is 0.134. The summed E-state index contributed by atoms with van der Waals surface area (Å²) in [5.74, 6) is 0.994. The first-order valence-corrected chi connectivity index (χ1v) is 7.40. The van der Waals surface area contributed by atoms with Crippen LogP contribution in [-0.4, -0.2) is 56.2 Å². The van der Waals surface area contributed by atoms with Gasteiger partial charge in [-0.15, -0.1) is 0 Å². The van der Waals surface area contributed by atoms with Crippen LogP contribution in [0, 0.1) is 0 Å². The summed E-state index contributed by atoms with van der Waals surface area (Å²) in [5, 5.41) is 0. The third kappa shape index (κ3) is 4.84. The van der Waals surface area contributed by atoms with Crippen LogP contribution in [-0.2, 0) is 6.42 Å². The van der Waals surface area contributed by atoms with Crippen LogP contribution >= 0.6 is 0 Å². The van der Waals surface area contributed by atoms with Crippen LogP contribution in [0.3, 0.4) is 0 Å². The Labute approximate surface area is 117 Å². The zero-order valence-corrected chi connectivity index (χ0v) is 12.3. The predicted molar refractivity (Wildman–Crippen MR) is 79.9 cm³/mol. The molecule has 0 atom stereocenters. The van der Waals surface area contributed by atoms with E-state index in [9.17, 15) is 0 Å². The van der Waals surface area contributed by atoms with Gasteiger partial charge in [-0.1, -0.05) is 25.5 Å². The standard InChI is InChI=1S/C16H26N2O/c1-3-4-15-5-7-16(8-6-15)19-14-13-18-11-9-17(2)10-12-18/h5-8H,3-4,9-14H2,1-2H3. The molecule has 0 aromatic heterocycles. The van der Waals surface area contributed by atoms with E-state index in [-0.39, 0.29) is 0 Å². The molecule has 0 bridgehead atoms. The monoisotopic (exact) mass is 262 g/mol. The third-order valence-electron chi connectivity index (χ3n) is 3.73. The lowest BCUT2D eigenvalue weighted by atomic mass is 10.1. The van der Waals surface area contributed by atoms with Crippen LogP contribution in [0.25, 0.3) is 0 Å². The molecule has 2 rings (SSSR count). The molecule has 106 valence electrons. The average molecular weight is 262 g/mol. The first-order chi connectivity index (χ1) is 9.28. The SMILES string of the molecule is CCCc1ccc(OCCN2CCN(C)CC2)cc1. The lowest BCUT2D eigenvalue weighted by Gasteiger charge is -2.32. The quantitative estimate of drug-likeness (QED) is 0.782. The van der Waals surface area contributed by atoms with Crippen molar-refractivity contribution in [3.05, 3.63) is 29.8 Å². The van der Waals surface area contributed by atoms with Gasteiger partial charge in [-0.2, -0.15) is 0 Å². The normalized spacial score (nSPS) is 17.6. The largest absolute Gasteiger partial charge is 0.492 e. The second kappa shape index (κ2) is 7.51. The summed E-state index contributed by atoms with van der Waals surface area (Å²) >= 11 is 0. The Morgan fingerprint density at radius 3 is 2.37 bits per heavy atom. The van der Waals surface area contributed by atoms with Crippen LogP contribution < -0.4 is 4.74 Å². The molecule has 1 fully saturated rings. The van der Waals surface area contributed by atoms with Crippen molar-refractivity contribution < 1.29 is 4.74 Å². The summed E-state index contributed by atoms with van der Waals surface area (Å²) in [6.45, 7) is 8.70. The Balaban J connectivity index is 1.67. The molecule has 1 heterocycles. The fraction of sp³-hybridized carbons (Fsp3) is 0.625. The van der Waals surface area contributed by atoms with Crippen LogP contribution in [0.1, 0.15) is 18.9 Å². The van der Waals surface area contributed by atoms with Gasteiger partial charge in [0.05, 0.1) is 0 Å². The average Bonchev–Trinajstić information content (AvgIpc) is 2.43. The first-order valence-electron chi connectivity index (χ1n) is 7.40. The van der Waals surface area contributed by atoms with Gasteiger partial charge in [0.2, 0.25) is 0 Å². The van der Waals surface area contributed by atoms with E-state index in [0.29, 0.717) is 0 Å². The summed E-state index contributed by atoms with van der Waals surface area (Å²) in [4.78, 5) is 4.86. The van der Waals surface area contributed by atoms with E-state index >= 15 is 0 Å². The Morgan fingerprint density at radius 2 is 1.74 bits per heavy atom. The summed E-state index contributed by atoms with van der Waals surface area (Å²) in [5.41, 5.74) is 1.40. The van der Waals surface area contributed by atoms with Crippen molar-refractivity contribution >= 4 is 0 Å². The maximum absolute atomic E-state index is 5.81. The Morgan fingerprint density at radius 1 is 1.05 bits per heavy atom. The number of hydrogen-bond donors (Lipinski definition) is 0. The second-order valence-electron chi connectivity index (χ2n) is 5.39. The molecular weight excluding hydrogens is 236 g/mol. The van der Waals surface area contributed by atoms with E-state index in [2.05, 4.69) is 48.0 Å². The van der Waals surface area contributed by atoms with Crippen molar-refractivity contribution in [2.24, 2.45) is 0 Å². The van der Waals surface area contributed by atoms with Gasteiger partial charge in [-0.3, -0.25) is 4.90 Å². The van der Waals surface area contributed by atoms with Crippen molar-refractivity contribution in [3.63, 3.8) is 0 Å². The molecule has 0 saturated carbocycles. The van der Waals surface area contributed by atoms with E-state index in [4.69, 9.17) is 4.74 Å². The van der Waals surface area contributed by atoms with E-state index < -0.39 is 0 Å². The molecule has 1 aromatic carbocycles. The van der Waals surface area contributed by atoms with Crippen LogP contribution in [0.4, 0.5) is 0 Å². The molecule has 1 aliphatic heterocycles. The molecule has 19 heavy (non-hydrogen) atoms. The number of aryl methyl sites for hydroxylation is 1. The molecule has 3 heteroatoms. The highest BCUT2D eigenvalue weighted by atomic mass is 16.5. The number of ether oxygens (including phenoxy) is 1. The first kappa shape index (κ1) is 14.4. The fourth-order valence-electron chi connectivity index (χ4n) is 2.41. The van der Waals surface area contributed by atoms with Gasteiger partial charge in [-0.25, -0.2) is 0 Å². The van der Waals surface area contributed by atoms with Crippen LogP contribution in [0.2, 0.25) is 0 Å². The molecule has 0 amide bonds. The number of nitrogens with zero attached hydrogens (tertiary/aromatic N) is 2. The van der Waals surface area contributed by atoms with Gasteiger partial charge in [0.25, 0.3) is 0 Å². The molecule has 0 spiro atoms. The van der Waals surface area contributed by atoms with E-state index in [0.717, 1.165) is 38.4 Å². The van der Waals surface area contributed by atoms with Crippen molar-refractivity contribution in [3.8, 4) is 5.75 Å². The highest BCUT2D eigenvalue weighted by molar-refractivity contribution is 5.27. The highest BCUT2D eigenvalue weighted by Crippen LogP contribution is 2.13. The summed E-state index contributed by atoms with van der Waals surface area (Å²) in [6.07, 6.45) is 2.35. The van der Waals surface area contributed by atoms with Crippen LogP contribution in [0.5, 0.6) is 5.75 Å². The Kier molecular flexibility index (Phi) is 5.67. The summed E-state index contributed by atoms with van der Waals surface area (Å²) in [7, 11) is 2.19. The second-order valence-corrected chi connectivity index (χ2v) is 5.39. The predicted octanol–water partition coefficient (Wildman–Crippen LogP) is 2.27. The number of benzene rings is 1. The third-order valence-corrected chi connectivity index (χ3v) is 3.73. The molecule has 1 aliphatic rings. The maximum atomic E-state index is 5.81. The Hall–Kier alpha value is -1.06. The smallest absolute Gasteiger partial charge is 0.119 e. The van der Waals surface area contributed by atoms with Gasteiger partial charge in [0, 0.05) is 32.7 Å². The van der Waals surface area contributed by atoms with E-state index in [1.54, 1.807) is 0 Å². The zero-order valence-electron chi connectivity index (χ0n) is 12.3. The number of piperazine rings is 1. The Bertz CT molecular complexity index is 356. The molecule has 0 aliphatic carbocycles. The van der Waals surface area contributed by atoms with E-state index in [1.165, 1.54) is 25.1 Å². The molecule has 0 radical (unpaired) electrons. The number of likely N-dealkylation sites (N-methyl/N-ethyl adjacent to an activating group) is 1. The van der Waals surface area contributed by atoms with Crippen molar-refractivity contribution in [1.29, 1.82) is 0 Å². The topological polar surface area (TPSA) is 15.7 Å². The van der Waals surface area contributed by atoms with Gasteiger partial charge < -0.3 is 9.64 Å². The van der Waals surface area contributed by atoms with Crippen molar-refractivity contribution in [2.75, 3.05) is 46.4 Å². The molecule has 0 unspecified atom stereocenters. The highest BCUT2D eigenvalue weighted by Gasteiger charge is 2.12. The van der Waals surface area contributed by atoms with E-state index in [1.807, 2.05) is 0 Å². The minimum atomic E-state index is 0.789. The minimum absolute atomic E-state index is 0.789. The summed E-state index contributed by atoms with van der Waals surface area (Å²) in [6, 6.07) is 8.54. The summed E-state index contributed by atoms with van der Waals surface area (Å²) < 4.78 is 5.81. The van der Waals surface area contributed by atoms with Gasteiger partial charge in [0.15, 0.2) is 0 Å². The number of hydrogen-bond acceptors (Lipinski definition) is 3. The van der Waals surface area contributed by atoms with Crippen molar-refractivity contribution in [2.45, 2.75) is 19.8 Å². The van der Waals surface area contributed by atoms with Crippen LogP contribution in [0.15, 0.2) is 24.3 Å². The van der Waals surface area contributed by atoms with Gasteiger partial charge in [-0.05, 0) is 31.2 Å². The number of rotatable bonds is 6. The maximum Gasteiger partial charge on any atom is 0.119 e. The molecule has 1 saturated heterocycles. The lowest BCUT2D eigenvalue weighted by Crippen LogP contribution is -2.45. The van der Waals surface area contributed by atoms with Crippen molar-refractivity contribution in [1.82, 2.24) is 9.80 Å². The van der Waals surface area contributed by atoms with Gasteiger partial charge in [0.1, 0.15) is 12.4 Å².